The van der Waals surface area contributed by atoms with Crippen molar-refractivity contribution in [2.24, 2.45) is 0 Å². The first-order valence-corrected chi connectivity index (χ1v) is 7.54. The van der Waals surface area contributed by atoms with Gasteiger partial charge in [-0.3, -0.25) is 4.98 Å². The molecule has 0 fully saturated rings. The van der Waals surface area contributed by atoms with Crippen LogP contribution in [0.1, 0.15) is 5.69 Å². The highest BCUT2D eigenvalue weighted by molar-refractivity contribution is 7.19. The maximum Gasteiger partial charge on any atom is 0.214 e. The van der Waals surface area contributed by atoms with Crippen LogP contribution >= 0.6 is 11.3 Å². The van der Waals surface area contributed by atoms with Gasteiger partial charge in [0.1, 0.15) is 22.6 Å². The van der Waals surface area contributed by atoms with Crippen LogP contribution in [0.25, 0.3) is 26.8 Å². The van der Waals surface area contributed by atoms with Gasteiger partial charge in [-0.1, -0.05) is 11.3 Å². The van der Waals surface area contributed by atoms with Gasteiger partial charge in [-0.25, -0.2) is 9.37 Å². The first-order chi connectivity index (χ1) is 11.3. The average Bonchev–Trinajstić information content (AvgIpc) is 3.14. The smallest absolute Gasteiger partial charge is 0.214 e. The van der Waals surface area contributed by atoms with Crippen LogP contribution in [0.3, 0.4) is 0 Å². The van der Waals surface area contributed by atoms with Crippen molar-refractivity contribution in [2.75, 3.05) is 0 Å². The van der Waals surface area contributed by atoms with E-state index in [1.165, 1.54) is 28.0 Å². The SMILES string of the molecule is N#Cc1c(-c2ccc(F)cc2)nc2sc(-c3ccncc3)nn12. The highest BCUT2D eigenvalue weighted by atomic mass is 32.1. The molecule has 0 bridgehead atoms. The van der Waals surface area contributed by atoms with E-state index in [1.807, 2.05) is 12.1 Å². The highest BCUT2D eigenvalue weighted by Gasteiger charge is 2.18. The maximum absolute atomic E-state index is 13.1. The summed E-state index contributed by atoms with van der Waals surface area (Å²) in [4.78, 5) is 9.08. The molecule has 0 spiro atoms. The molecule has 1 aromatic carbocycles. The predicted molar refractivity (Wildman–Crippen MR) is 84.2 cm³/mol. The fourth-order valence-corrected chi connectivity index (χ4v) is 3.17. The first-order valence-electron chi connectivity index (χ1n) is 6.72. The second kappa shape index (κ2) is 5.26. The third kappa shape index (κ3) is 2.25. The van der Waals surface area contributed by atoms with E-state index >= 15 is 0 Å². The van der Waals surface area contributed by atoms with Gasteiger partial charge in [-0.05, 0) is 36.4 Å². The molecule has 0 amide bonds. The minimum absolute atomic E-state index is 0.327. The molecule has 0 atom stereocenters. The Kier molecular flexibility index (Phi) is 3.10. The zero-order valence-electron chi connectivity index (χ0n) is 11.6. The summed E-state index contributed by atoms with van der Waals surface area (Å²) in [5, 5.41) is 14.7. The second-order valence-corrected chi connectivity index (χ2v) is 5.72. The van der Waals surface area contributed by atoms with Crippen LogP contribution in [0.4, 0.5) is 4.39 Å². The molecule has 4 rings (SSSR count). The molecule has 0 aliphatic heterocycles. The summed E-state index contributed by atoms with van der Waals surface area (Å²) >= 11 is 1.39. The Bertz CT molecular complexity index is 1030. The van der Waals surface area contributed by atoms with Crippen LogP contribution in [0, 0.1) is 17.1 Å². The molecule has 0 aliphatic carbocycles. The number of benzene rings is 1. The molecule has 0 saturated carbocycles. The summed E-state index contributed by atoms with van der Waals surface area (Å²) in [5.41, 5.74) is 2.45. The first kappa shape index (κ1) is 13.5. The molecule has 0 saturated heterocycles. The topological polar surface area (TPSA) is 66.9 Å². The zero-order valence-corrected chi connectivity index (χ0v) is 12.5. The largest absolute Gasteiger partial charge is 0.265 e. The van der Waals surface area contributed by atoms with Gasteiger partial charge >= 0.3 is 0 Å². The molecular weight excluding hydrogens is 313 g/mol. The molecule has 3 aromatic heterocycles. The molecule has 0 aliphatic rings. The van der Waals surface area contributed by atoms with Crippen LogP contribution in [0.5, 0.6) is 0 Å². The van der Waals surface area contributed by atoms with Crippen molar-refractivity contribution >= 4 is 16.3 Å². The molecule has 3 heterocycles. The van der Waals surface area contributed by atoms with E-state index in [-0.39, 0.29) is 5.82 Å². The average molecular weight is 321 g/mol. The maximum atomic E-state index is 13.1. The van der Waals surface area contributed by atoms with E-state index in [0.717, 1.165) is 10.6 Å². The number of hydrogen-bond acceptors (Lipinski definition) is 5. The molecule has 0 radical (unpaired) electrons. The lowest BCUT2D eigenvalue weighted by molar-refractivity contribution is 0.628. The van der Waals surface area contributed by atoms with Gasteiger partial charge < -0.3 is 0 Å². The van der Waals surface area contributed by atoms with Crippen molar-refractivity contribution in [2.45, 2.75) is 0 Å². The number of imidazole rings is 1. The van der Waals surface area contributed by atoms with Gasteiger partial charge in [0.15, 0.2) is 5.69 Å². The lowest BCUT2D eigenvalue weighted by atomic mass is 10.1. The summed E-state index contributed by atoms with van der Waals surface area (Å²) in [7, 11) is 0. The highest BCUT2D eigenvalue weighted by Crippen LogP contribution is 2.30. The van der Waals surface area contributed by atoms with Crippen molar-refractivity contribution in [3.05, 3.63) is 60.3 Å². The van der Waals surface area contributed by atoms with Gasteiger partial charge in [-0.15, -0.1) is 0 Å². The van der Waals surface area contributed by atoms with E-state index in [2.05, 4.69) is 21.1 Å². The fraction of sp³-hybridized carbons (Fsp3) is 0. The quantitative estimate of drug-likeness (QED) is 0.566. The number of aromatic nitrogens is 4. The third-order valence-corrected chi connectivity index (χ3v) is 4.31. The van der Waals surface area contributed by atoms with Crippen LogP contribution in [0.15, 0.2) is 48.8 Å². The van der Waals surface area contributed by atoms with Crippen LogP contribution in [-0.4, -0.2) is 19.6 Å². The minimum atomic E-state index is -0.327. The lowest BCUT2D eigenvalue weighted by Crippen LogP contribution is -1.91. The molecule has 4 aromatic rings. The summed E-state index contributed by atoms with van der Waals surface area (Å²) in [6, 6.07) is 11.7. The van der Waals surface area contributed by atoms with Gasteiger partial charge in [0.25, 0.3) is 0 Å². The molecule has 0 N–H and O–H groups in total. The summed E-state index contributed by atoms with van der Waals surface area (Å²) in [5.74, 6) is -0.327. The Balaban J connectivity index is 1.88. The van der Waals surface area contributed by atoms with Crippen LogP contribution in [-0.2, 0) is 0 Å². The third-order valence-electron chi connectivity index (χ3n) is 3.35. The zero-order chi connectivity index (χ0) is 15.8. The summed E-state index contributed by atoms with van der Waals surface area (Å²) in [6.07, 6.45) is 3.38. The Morgan fingerprint density at radius 1 is 1.04 bits per heavy atom. The Morgan fingerprint density at radius 3 is 2.48 bits per heavy atom. The Morgan fingerprint density at radius 2 is 1.78 bits per heavy atom. The summed E-state index contributed by atoms with van der Waals surface area (Å²) < 4.78 is 14.6. The Hall–Kier alpha value is -3.11. The van der Waals surface area contributed by atoms with Crippen molar-refractivity contribution in [1.82, 2.24) is 19.6 Å². The number of hydrogen-bond donors (Lipinski definition) is 0. The van der Waals surface area contributed by atoms with Gasteiger partial charge in [-0.2, -0.15) is 14.9 Å². The lowest BCUT2D eigenvalue weighted by Gasteiger charge is -1.97. The van der Waals surface area contributed by atoms with E-state index in [9.17, 15) is 9.65 Å². The number of fused-ring (bicyclic) bond motifs is 1. The van der Waals surface area contributed by atoms with E-state index in [1.54, 1.807) is 24.5 Å². The number of nitriles is 1. The number of halogens is 1. The number of rotatable bonds is 2. The second-order valence-electron chi connectivity index (χ2n) is 4.77. The van der Waals surface area contributed by atoms with Gasteiger partial charge in [0.05, 0.1) is 0 Å². The van der Waals surface area contributed by atoms with E-state index in [0.29, 0.717) is 21.9 Å². The minimum Gasteiger partial charge on any atom is -0.265 e. The molecular formula is C16H8FN5S. The van der Waals surface area contributed by atoms with Crippen molar-refractivity contribution < 1.29 is 4.39 Å². The van der Waals surface area contributed by atoms with Crippen LogP contribution in [0.2, 0.25) is 0 Å². The normalized spacial score (nSPS) is 10.8. The van der Waals surface area contributed by atoms with Gasteiger partial charge in [0.2, 0.25) is 4.96 Å². The van der Waals surface area contributed by atoms with E-state index < -0.39 is 0 Å². The fourth-order valence-electron chi connectivity index (χ4n) is 2.27. The molecule has 110 valence electrons. The number of pyridine rings is 1. The molecule has 7 heteroatoms. The standard InChI is InChI=1S/C16H8FN5S/c17-12-3-1-10(2-4-12)14-13(9-18)22-16(20-14)23-15(21-22)11-5-7-19-8-6-11/h1-8H. The van der Waals surface area contributed by atoms with Crippen molar-refractivity contribution in [3.63, 3.8) is 0 Å². The molecule has 23 heavy (non-hydrogen) atoms. The van der Waals surface area contributed by atoms with Crippen molar-refractivity contribution in [3.8, 4) is 27.9 Å². The number of nitrogens with zero attached hydrogens (tertiary/aromatic N) is 5. The molecule has 5 nitrogen and oxygen atoms in total. The van der Waals surface area contributed by atoms with Crippen molar-refractivity contribution in [1.29, 1.82) is 5.26 Å². The van der Waals surface area contributed by atoms with Crippen LogP contribution < -0.4 is 0 Å². The monoisotopic (exact) mass is 321 g/mol. The summed E-state index contributed by atoms with van der Waals surface area (Å²) in [6.45, 7) is 0. The Labute approximate surface area is 134 Å². The predicted octanol–water partition coefficient (Wildman–Crippen LogP) is 3.53. The van der Waals surface area contributed by atoms with E-state index in [4.69, 9.17) is 0 Å². The molecule has 0 unspecified atom stereocenters. The van der Waals surface area contributed by atoms with Gasteiger partial charge in [0, 0.05) is 23.5 Å².